The Hall–Kier alpha value is -2.60. The van der Waals surface area contributed by atoms with Crippen molar-refractivity contribution in [1.82, 2.24) is 14.4 Å². The summed E-state index contributed by atoms with van der Waals surface area (Å²) in [5.41, 5.74) is 2.06. The maximum absolute atomic E-state index is 13.2. The number of aryl methyl sites for hydroxylation is 1. The third-order valence-corrected chi connectivity index (χ3v) is 6.47. The molecule has 0 N–H and O–H groups in total. The second kappa shape index (κ2) is 5.70. The van der Waals surface area contributed by atoms with Gasteiger partial charge in [0.25, 0.3) is 5.91 Å². The van der Waals surface area contributed by atoms with Gasteiger partial charge in [-0.2, -0.15) is 0 Å². The molecule has 0 aliphatic carbocycles. The van der Waals surface area contributed by atoms with Gasteiger partial charge in [-0.15, -0.1) is 0 Å². The fraction of sp³-hybridized carbons (Fsp3) is 0.429. The Bertz CT molecular complexity index is 922. The molecular formula is C21H23N3O3. The van der Waals surface area contributed by atoms with Crippen LogP contribution in [0.25, 0.3) is 0 Å². The summed E-state index contributed by atoms with van der Waals surface area (Å²) in [4.78, 5) is 29.6. The van der Waals surface area contributed by atoms with Crippen molar-refractivity contribution in [1.29, 1.82) is 0 Å². The number of hydrogen-bond donors (Lipinski definition) is 0. The molecule has 2 aromatic rings. The first-order valence-corrected chi connectivity index (χ1v) is 9.47. The number of rotatable bonds is 2. The van der Waals surface area contributed by atoms with Crippen molar-refractivity contribution in [3.63, 3.8) is 0 Å². The number of likely N-dealkylation sites (tertiary alicyclic amines) is 1. The number of nitrogens with zero attached hydrogens (tertiary/aromatic N) is 3. The predicted octanol–water partition coefficient (Wildman–Crippen LogP) is 2.25. The molecule has 6 heteroatoms. The molecule has 0 saturated carbocycles. The lowest BCUT2D eigenvalue weighted by Crippen LogP contribution is -2.48. The van der Waals surface area contributed by atoms with Crippen molar-refractivity contribution < 1.29 is 14.3 Å². The molecule has 3 saturated heterocycles. The van der Waals surface area contributed by atoms with Crippen LogP contribution in [-0.4, -0.2) is 51.0 Å². The maximum Gasteiger partial charge on any atom is 0.256 e. The Kier molecular flexibility index (Phi) is 3.49. The highest BCUT2D eigenvalue weighted by Gasteiger charge is 2.65. The van der Waals surface area contributed by atoms with Gasteiger partial charge < -0.3 is 19.1 Å². The molecule has 2 amide bonds. The molecule has 3 fully saturated rings. The molecule has 1 aromatic heterocycles. The van der Waals surface area contributed by atoms with Crippen LogP contribution in [-0.2, 0) is 16.6 Å². The SMILES string of the molecule is Cc1c(C(=O)N2CC[C@@]34O[C@@H](c5ccccc5)CN3C(=O)C[C@@H]24)ccn1C. The topological polar surface area (TPSA) is 54.8 Å². The van der Waals surface area contributed by atoms with Gasteiger partial charge in [0.15, 0.2) is 5.72 Å². The van der Waals surface area contributed by atoms with Gasteiger partial charge in [-0.3, -0.25) is 9.59 Å². The maximum atomic E-state index is 13.2. The van der Waals surface area contributed by atoms with E-state index in [2.05, 4.69) is 0 Å². The highest BCUT2D eigenvalue weighted by molar-refractivity contribution is 5.97. The van der Waals surface area contributed by atoms with E-state index in [1.165, 1.54) is 0 Å². The van der Waals surface area contributed by atoms with Crippen LogP contribution in [0.4, 0.5) is 0 Å². The number of aromatic nitrogens is 1. The van der Waals surface area contributed by atoms with Gasteiger partial charge >= 0.3 is 0 Å². The summed E-state index contributed by atoms with van der Waals surface area (Å²) in [5, 5.41) is 0. The van der Waals surface area contributed by atoms with Crippen molar-refractivity contribution in [3.8, 4) is 0 Å². The summed E-state index contributed by atoms with van der Waals surface area (Å²) in [6.07, 6.45) is 2.79. The first-order valence-electron chi connectivity index (χ1n) is 9.47. The van der Waals surface area contributed by atoms with Crippen LogP contribution in [0, 0.1) is 6.92 Å². The smallest absolute Gasteiger partial charge is 0.256 e. The predicted molar refractivity (Wildman–Crippen MR) is 98.9 cm³/mol. The average molecular weight is 365 g/mol. The van der Waals surface area contributed by atoms with E-state index in [1.807, 2.05) is 70.9 Å². The Balaban J connectivity index is 1.46. The highest BCUT2D eigenvalue weighted by atomic mass is 16.5. The zero-order valence-electron chi connectivity index (χ0n) is 15.6. The van der Waals surface area contributed by atoms with Crippen LogP contribution >= 0.6 is 0 Å². The molecule has 1 aromatic carbocycles. The minimum Gasteiger partial charge on any atom is -0.354 e. The molecule has 5 rings (SSSR count). The standard InChI is InChI=1S/C21H23N3O3/c1-14-16(8-10-22(14)2)20(26)23-11-9-21-18(23)12-19(25)24(21)13-17(27-21)15-6-4-3-5-7-15/h3-8,10,17-18H,9,11-13H2,1-2H3/t17-,18-,21+/m1/s1. The second-order valence-corrected chi connectivity index (χ2v) is 7.76. The Morgan fingerprint density at radius 3 is 2.70 bits per heavy atom. The first-order chi connectivity index (χ1) is 13.0. The monoisotopic (exact) mass is 365 g/mol. The van der Waals surface area contributed by atoms with E-state index < -0.39 is 5.72 Å². The minimum atomic E-state index is -0.671. The lowest BCUT2D eigenvalue weighted by molar-refractivity contribution is -0.138. The lowest BCUT2D eigenvalue weighted by Gasteiger charge is -2.32. The summed E-state index contributed by atoms with van der Waals surface area (Å²) in [6.45, 7) is 3.12. The molecule has 3 atom stereocenters. The fourth-order valence-electron chi connectivity index (χ4n) is 4.90. The van der Waals surface area contributed by atoms with Gasteiger partial charge in [0, 0.05) is 31.9 Å². The van der Waals surface area contributed by atoms with Gasteiger partial charge in [0.2, 0.25) is 5.91 Å². The third kappa shape index (κ3) is 2.22. The van der Waals surface area contributed by atoms with Crippen LogP contribution in [0.3, 0.4) is 0 Å². The summed E-state index contributed by atoms with van der Waals surface area (Å²) in [6, 6.07) is 11.7. The molecule has 6 nitrogen and oxygen atoms in total. The van der Waals surface area contributed by atoms with Gasteiger partial charge in [0.1, 0.15) is 6.10 Å². The number of amides is 2. The molecule has 27 heavy (non-hydrogen) atoms. The number of carbonyl (C=O) groups is 2. The summed E-state index contributed by atoms with van der Waals surface area (Å²) in [5.74, 6) is 0.0806. The average Bonchev–Trinajstić information content (AvgIpc) is 3.38. The van der Waals surface area contributed by atoms with Crippen LogP contribution in [0.15, 0.2) is 42.6 Å². The Morgan fingerprint density at radius 2 is 2.00 bits per heavy atom. The molecule has 0 bridgehead atoms. The number of hydrogen-bond acceptors (Lipinski definition) is 3. The first kappa shape index (κ1) is 16.6. The summed E-state index contributed by atoms with van der Waals surface area (Å²) < 4.78 is 8.46. The Labute approximate surface area is 158 Å². The van der Waals surface area contributed by atoms with E-state index in [4.69, 9.17) is 4.74 Å². The molecule has 0 radical (unpaired) electrons. The minimum absolute atomic E-state index is 0.00335. The van der Waals surface area contributed by atoms with E-state index in [-0.39, 0.29) is 24.0 Å². The lowest BCUT2D eigenvalue weighted by atomic mass is 10.1. The molecule has 1 spiro atoms. The van der Waals surface area contributed by atoms with Crippen LogP contribution in [0.1, 0.15) is 40.6 Å². The van der Waals surface area contributed by atoms with Crippen molar-refractivity contribution in [2.45, 2.75) is 37.6 Å². The molecule has 3 aliphatic rings. The van der Waals surface area contributed by atoms with E-state index in [9.17, 15) is 9.59 Å². The van der Waals surface area contributed by atoms with E-state index >= 15 is 0 Å². The molecular weight excluding hydrogens is 342 g/mol. The van der Waals surface area contributed by atoms with E-state index in [1.54, 1.807) is 0 Å². The van der Waals surface area contributed by atoms with Crippen molar-refractivity contribution in [2.75, 3.05) is 13.1 Å². The number of carbonyl (C=O) groups excluding carboxylic acids is 2. The molecule has 3 aliphatic heterocycles. The molecule has 4 heterocycles. The normalized spacial score (nSPS) is 29.3. The van der Waals surface area contributed by atoms with Crippen LogP contribution < -0.4 is 0 Å². The number of ether oxygens (including phenoxy) is 1. The largest absolute Gasteiger partial charge is 0.354 e. The van der Waals surface area contributed by atoms with Gasteiger partial charge in [0.05, 0.1) is 24.6 Å². The zero-order valence-corrected chi connectivity index (χ0v) is 15.6. The van der Waals surface area contributed by atoms with Crippen molar-refractivity contribution >= 4 is 11.8 Å². The fourth-order valence-corrected chi connectivity index (χ4v) is 4.90. The quantitative estimate of drug-likeness (QED) is 0.820. The summed E-state index contributed by atoms with van der Waals surface area (Å²) in [7, 11) is 1.93. The van der Waals surface area contributed by atoms with Gasteiger partial charge in [-0.1, -0.05) is 30.3 Å². The molecule has 140 valence electrons. The van der Waals surface area contributed by atoms with Gasteiger partial charge in [-0.05, 0) is 18.6 Å². The van der Waals surface area contributed by atoms with Crippen LogP contribution in [0.5, 0.6) is 0 Å². The van der Waals surface area contributed by atoms with Crippen molar-refractivity contribution in [3.05, 3.63) is 59.4 Å². The highest BCUT2D eigenvalue weighted by Crippen LogP contribution is 2.50. The van der Waals surface area contributed by atoms with Crippen molar-refractivity contribution in [2.24, 2.45) is 7.05 Å². The zero-order chi connectivity index (χ0) is 18.8. The number of benzene rings is 1. The van der Waals surface area contributed by atoms with Crippen LogP contribution in [0.2, 0.25) is 0 Å². The Morgan fingerprint density at radius 1 is 1.22 bits per heavy atom. The summed E-state index contributed by atoms with van der Waals surface area (Å²) >= 11 is 0. The second-order valence-electron chi connectivity index (χ2n) is 7.76. The molecule has 0 unspecified atom stereocenters. The van der Waals surface area contributed by atoms with E-state index in [0.29, 0.717) is 31.5 Å². The van der Waals surface area contributed by atoms with E-state index in [0.717, 1.165) is 11.3 Å². The van der Waals surface area contributed by atoms with Gasteiger partial charge in [-0.25, -0.2) is 0 Å². The third-order valence-electron chi connectivity index (χ3n) is 6.47.